The van der Waals surface area contributed by atoms with E-state index in [1.807, 2.05) is 13.0 Å². The van der Waals surface area contributed by atoms with E-state index in [1.54, 1.807) is 48.5 Å². The Hall–Kier alpha value is -2.95. The number of carbonyl (C=O) groups is 3. The zero-order chi connectivity index (χ0) is 18.1. The van der Waals surface area contributed by atoms with Crippen molar-refractivity contribution in [3.8, 4) is 5.75 Å². The van der Waals surface area contributed by atoms with Gasteiger partial charge in [-0.05, 0) is 18.6 Å². The van der Waals surface area contributed by atoms with E-state index in [2.05, 4.69) is 0 Å². The van der Waals surface area contributed by atoms with E-state index in [1.165, 1.54) is 0 Å². The van der Waals surface area contributed by atoms with Gasteiger partial charge in [-0.15, -0.1) is 0 Å². The normalized spacial score (nSPS) is 10.1. The van der Waals surface area contributed by atoms with Gasteiger partial charge in [-0.25, -0.2) is 0 Å². The second-order valence-corrected chi connectivity index (χ2v) is 5.39. The number of esters is 1. The number of para-hydroxylation sites is 1. The Balaban J connectivity index is 2.01. The molecule has 0 saturated carbocycles. The Kier molecular flexibility index (Phi) is 6.89. The minimum absolute atomic E-state index is 0.186. The summed E-state index contributed by atoms with van der Waals surface area (Å²) in [5.41, 5.74) is 0.797. The molecular weight excluding hydrogens is 320 g/mol. The van der Waals surface area contributed by atoms with Crippen LogP contribution in [0.1, 0.15) is 40.5 Å². The number of carbonyl (C=O) groups excluding carboxylic acids is 3. The summed E-state index contributed by atoms with van der Waals surface area (Å²) in [5.74, 6) is -0.879. The van der Waals surface area contributed by atoms with Crippen LogP contribution in [0.25, 0.3) is 0 Å². The zero-order valence-electron chi connectivity index (χ0n) is 14.1. The van der Waals surface area contributed by atoms with Gasteiger partial charge >= 0.3 is 5.97 Å². The predicted molar refractivity (Wildman–Crippen MR) is 92.9 cm³/mol. The predicted octanol–water partition coefficient (Wildman–Crippen LogP) is 3.47. The Morgan fingerprint density at radius 3 is 2.28 bits per heavy atom. The Labute approximate surface area is 146 Å². The van der Waals surface area contributed by atoms with Gasteiger partial charge in [0.25, 0.3) is 0 Å². The van der Waals surface area contributed by atoms with Gasteiger partial charge in [0, 0.05) is 5.56 Å². The maximum Gasteiger partial charge on any atom is 0.313 e. The molecule has 0 aliphatic heterocycles. The summed E-state index contributed by atoms with van der Waals surface area (Å²) in [4.78, 5) is 36.0. The average Bonchev–Trinajstić information content (AvgIpc) is 2.65. The lowest BCUT2D eigenvalue weighted by atomic mass is 10.1. The fourth-order valence-corrected chi connectivity index (χ4v) is 2.17. The molecule has 0 aliphatic rings. The summed E-state index contributed by atoms with van der Waals surface area (Å²) >= 11 is 0. The van der Waals surface area contributed by atoms with Crippen molar-refractivity contribution in [2.75, 3.05) is 13.2 Å². The van der Waals surface area contributed by atoms with E-state index in [0.29, 0.717) is 12.0 Å². The molecule has 2 rings (SSSR count). The molecule has 0 N–H and O–H groups in total. The maximum absolute atomic E-state index is 12.3. The number of ether oxygens (including phenoxy) is 2. The van der Waals surface area contributed by atoms with E-state index in [-0.39, 0.29) is 36.7 Å². The third-order valence-corrected chi connectivity index (χ3v) is 3.41. The van der Waals surface area contributed by atoms with Crippen molar-refractivity contribution in [1.29, 1.82) is 0 Å². The number of hydrogen-bond donors (Lipinski definition) is 0. The van der Waals surface area contributed by atoms with Gasteiger partial charge in [0.05, 0.1) is 12.2 Å². The number of hydrogen-bond acceptors (Lipinski definition) is 5. The number of ketones is 2. The molecule has 130 valence electrons. The molecule has 0 bridgehead atoms. The Morgan fingerprint density at radius 1 is 0.880 bits per heavy atom. The molecule has 0 amide bonds. The molecule has 5 nitrogen and oxygen atoms in total. The van der Waals surface area contributed by atoms with Crippen molar-refractivity contribution in [3.05, 3.63) is 65.7 Å². The summed E-state index contributed by atoms with van der Waals surface area (Å²) in [5, 5.41) is 0. The highest BCUT2D eigenvalue weighted by Crippen LogP contribution is 2.20. The third kappa shape index (κ3) is 5.57. The minimum atomic E-state index is -0.568. The molecule has 25 heavy (non-hydrogen) atoms. The van der Waals surface area contributed by atoms with Crippen molar-refractivity contribution in [2.24, 2.45) is 0 Å². The van der Waals surface area contributed by atoms with Crippen LogP contribution in [0.5, 0.6) is 5.75 Å². The molecule has 0 radical (unpaired) electrons. The second kappa shape index (κ2) is 9.37. The first kappa shape index (κ1) is 18.4. The van der Waals surface area contributed by atoms with Gasteiger partial charge in [0.2, 0.25) is 0 Å². The number of Topliss-reactive ketones (excluding diaryl/α,β-unsaturated/α-hetero) is 2. The maximum atomic E-state index is 12.3. The van der Waals surface area contributed by atoms with Crippen molar-refractivity contribution in [3.63, 3.8) is 0 Å². The highest BCUT2D eigenvalue weighted by Gasteiger charge is 2.17. The fourth-order valence-electron chi connectivity index (χ4n) is 2.17. The average molecular weight is 340 g/mol. The smallest absolute Gasteiger partial charge is 0.313 e. The summed E-state index contributed by atoms with van der Waals surface area (Å²) in [7, 11) is 0. The van der Waals surface area contributed by atoms with E-state index >= 15 is 0 Å². The SMILES string of the molecule is CCCOC(=O)CC(=O)c1ccccc1OCC(=O)c1ccccc1. The summed E-state index contributed by atoms with van der Waals surface area (Å²) in [6, 6.07) is 15.3. The molecule has 0 atom stereocenters. The lowest BCUT2D eigenvalue weighted by Crippen LogP contribution is -2.15. The van der Waals surface area contributed by atoms with Crippen LogP contribution in [0.4, 0.5) is 0 Å². The molecule has 0 aromatic heterocycles. The van der Waals surface area contributed by atoms with Crippen molar-refractivity contribution in [2.45, 2.75) is 19.8 Å². The third-order valence-electron chi connectivity index (χ3n) is 3.41. The first-order valence-corrected chi connectivity index (χ1v) is 8.10. The standard InChI is InChI=1S/C20H20O5/c1-2-12-24-20(23)13-17(21)16-10-6-7-11-19(16)25-14-18(22)15-8-4-3-5-9-15/h3-11H,2,12-14H2,1H3. The Bertz CT molecular complexity index is 737. The van der Waals surface area contributed by atoms with Crippen LogP contribution < -0.4 is 4.74 Å². The van der Waals surface area contributed by atoms with Crippen LogP contribution in [0.2, 0.25) is 0 Å². The number of benzene rings is 2. The highest BCUT2D eigenvalue weighted by molar-refractivity contribution is 6.07. The van der Waals surface area contributed by atoms with Gasteiger partial charge in [0.15, 0.2) is 18.2 Å². The van der Waals surface area contributed by atoms with Crippen molar-refractivity contribution in [1.82, 2.24) is 0 Å². The fraction of sp³-hybridized carbons (Fsp3) is 0.250. The van der Waals surface area contributed by atoms with Crippen LogP contribution in [0.15, 0.2) is 54.6 Å². The van der Waals surface area contributed by atoms with Gasteiger partial charge in [-0.2, -0.15) is 0 Å². The molecule has 2 aromatic rings. The van der Waals surface area contributed by atoms with E-state index in [4.69, 9.17) is 9.47 Å². The summed E-state index contributed by atoms with van der Waals surface area (Å²) in [6.07, 6.45) is 0.341. The quantitative estimate of drug-likeness (QED) is 0.397. The summed E-state index contributed by atoms with van der Waals surface area (Å²) < 4.78 is 10.4. The molecule has 2 aromatic carbocycles. The summed E-state index contributed by atoms with van der Waals surface area (Å²) in [6.45, 7) is 1.98. The largest absolute Gasteiger partial charge is 0.485 e. The van der Waals surface area contributed by atoms with Gasteiger partial charge < -0.3 is 9.47 Å². The van der Waals surface area contributed by atoms with Gasteiger partial charge in [0.1, 0.15) is 12.2 Å². The van der Waals surface area contributed by atoms with Crippen LogP contribution in [-0.4, -0.2) is 30.7 Å². The molecule has 0 saturated heterocycles. The van der Waals surface area contributed by atoms with Crippen LogP contribution >= 0.6 is 0 Å². The molecule has 5 heteroatoms. The molecule has 0 unspecified atom stereocenters. The van der Waals surface area contributed by atoms with E-state index in [9.17, 15) is 14.4 Å². The highest BCUT2D eigenvalue weighted by atomic mass is 16.5. The molecular formula is C20H20O5. The van der Waals surface area contributed by atoms with Crippen molar-refractivity contribution >= 4 is 17.5 Å². The van der Waals surface area contributed by atoms with E-state index in [0.717, 1.165) is 0 Å². The topological polar surface area (TPSA) is 69.7 Å². The lowest BCUT2D eigenvalue weighted by Gasteiger charge is -2.10. The van der Waals surface area contributed by atoms with Crippen LogP contribution in [-0.2, 0) is 9.53 Å². The molecule has 0 fully saturated rings. The first-order valence-electron chi connectivity index (χ1n) is 8.10. The van der Waals surface area contributed by atoms with Gasteiger partial charge in [-0.1, -0.05) is 49.4 Å². The Morgan fingerprint density at radius 2 is 1.56 bits per heavy atom. The van der Waals surface area contributed by atoms with E-state index < -0.39 is 11.8 Å². The molecule has 0 aliphatic carbocycles. The van der Waals surface area contributed by atoms with Crippen molar-refractivity contribution < 1.29 is 23.9 Å². The number of rotatable bonds is 9. The zero-order valence-corrected chi connectivity index (χ0v) is 14.1. The van der Waals surface area contributed by atoms with Gasteiger partial charge in [-0.3, -0.25) is 14.4 Å². The van der Waals surface area contributed by atoms with Crippen LogP contribution in [0, 0.1) is 0 Å². The lowest BCUT2D eigenvalue weighted by molar-refractivity contribution is -0.142. The molecule has 0 spiro atoms. The first-order chi connectivity index (χ1) is 12.1. The van der Waals surface area contributed by atoms with Crippen LogP contribution in [0.3, 0.4) is 0 Å². The second-order valence-electron chi connectivity index (χ2n) is 5.39. The minimum Gasteiger partial charge on any atom is -0.485 e. The molecule has 0 heterocycles. The monoisotopic (exact) mass is 340 g/mol.